The molecule has 0 unspecified atom stereocenters. The standard InChI is InChI=1S/C7H8O/c1-2-3-4-5-6-7-8/h5-7H,2H2,1H3/b6-5-. The topological polar surface area (TPSA) is 17.1 Å². The van der Waals surface area contributed by atoms with E-state index in [1.54, 1.807) is 0 Å². The molecule has 0 rings (SSSR count). The molecule has 0 heterocycles. The van der Waals surface area contributed by atoms with Gasteiger partial charge in [-0.2, -0.15) is 0 Å². The molecular weight excluding hydrogens is 100 g/mol. The Kier molecular flexibility index (Phi) is 5.20. The zero-order chi connectivity index (χ0) is 6.24. The zero-order valence-electron chi connectivity index (χ0n) is 4.85. The molecule has 0 N–H and O–H groups in total. The van der Waals surface area contributed by atoms with Crippen molar-refractivity contribution in [3.8, 4) is 11.8 Å². The van der Waals surface area contributed by atoms with E-state index in [0.717, 1.165) is 6.42 Å². The maximum absolute atomic E-state index is 9.61. The summed E-state index contributed by atoms with van der Waals surface area (Å²) in [6.45, 7) is 1.96. The number of allylic oxidation sites excluding steroid dienone is 2. The highest BCUT2D eigenvalue weighted by Crippen LogP contribution is 1.67. The minimum absolute atomic E-state index is 0.713. The van der Waals surface area contributed by atoms with Crippen LogP contribution in [0.3, 0.4) is 0 Å². The predicted molar refractivity (Wildman–Crippen MR) is 33.3 cm³/mol. The van der Waals surface area contributed by atoms with Gasteiger partial charge >= 0.3 is 0 Å². The summed E-state index contributed by atoms with van der Waals surface area (Å²) >= 11 is 0. The quantitative estimate of drug-likeness (QED) is 0.280. The molecule has 0 saturated carbocycles. The second kappa shape index (κ2) is 5.97. The molecule has 0 aromatic heterocycles. The summed E-state index contributed by atoms with van der Waals surface area (Å²) in [7, 11) is 0. The molecule has 0 aliphatic carbocycles. The first kappa shape index (κ1) is 6.97. The lowest BCUT2D eigenvalue weighted by Crippen LogP contribution is -1.56. The number of aldehydes is 1. The highest BCUT2D eigenvalue weighted by molar-refractivity contribution is 5.65. The lowest BCUT2D eigenvalue weighted by Gasteiger charge is -1.63. The molecular formula is C7H8O. The van der Waals surface area contributed by atoms with Gasteiger partial charge in [-0.25, -0.2) is 0 Å². The summed E-state index contributed by atoms with van der Waals surface area (Å²) in [5.74, 6) is 5.46. The van der Waals surface area contributed by atoms with Gasteiger partial charge in [0.15, 0.2) is 0 Å². The van der Waals surface area contributed by atoms with Crippen LogP contribution in [-0.2, 0) is 4.79 Å². The Hall–Kier alpha value is -1.03. The maximum atomic E-state index is 9.61. The van der Waals surface area contributed by atoms with Gasteiger partial charge in [0.1, 0.15) is 6.29 Å². The third-order valence-corrected chi connectivity index (χ3v) is 0.537. The van der Waals surface area contributed by atoms with E-state index in [9.17, 15) is 4.79 Å². The molecule has 1 nitrogen and oxygen atoms in total. The molecule has 1 heteroatoms. The second-order valence-corrected chi connectivity index (χ2v) is 1.17. The molecule has 0 aliphatic rings. The number of carbonyl (C=O) groups is 1. The van der Waals surface area contributed by atoms with Gasteiger partial charge in [-0.15, -0.1) is 0 Å². The van der Waals surface area contributed by atoms with Crippen LogP contribution in [0, 0.1) is 11.8 Å². The second-order valence-electron chi connectivity index (χ2n) is 1.17. The van der Waals surface area contributed by atoms with Crippen molar-refractivity contribution in [2.75, 3.05) is 0 Å². The Morgan fingerprint density at radius 2 is 2.38 bits per heavy atom. The molecule has 0 aliphatic heterocycles. The van der Waals surface area contributed by atoms with Gasteiger partial charge in [0.25, 0.3) is 0 Å². The van der Waals surface area contributed by atoms with Crippen molar-refractivity contribution in [1.29, 1.82) is 0 Å². The Bertz CT molecular complexity index is 134. The molecule has 0 atom stereocenters. The Morgan fingerprint density at radius 1 is 1.62 bits per heavy atom. The van der Waals surface area contributed by atoms with E-state index < -0.39 is 0 Å². The monoisotopic (exact) mass is 108 g/mol. The van der Waals surface area contributed by atoms with Gasteiger partial charge in [-0.1, -0.05) is 18.8 Å². The molecule has 0 saturated heterocycles. The Balaban J connectivity index is 3.40. The molecule has 0 amide bonds. The lowest BCUT2D eigenvalue weighted by molar-refractivity contribution is -0.104. The number of hydrogen-bond acceptors (Lipinski definition) is 1. The summed E-state index contributed by atoms with van der Waals surface area (Å²) in [5.41, 5.74) is 0. The highest BCUT2D eigenvalue weighted by atomic mass is 16.1. The summed E-state index contributed by atoms with van der Waals surface area (Å²) < 4.78 is 0. The Labute approximate surface area is 49.4 Å². The van der Waals surface area contributed by atoms with Crippen LogP contribution >= 0.6 is 0 Å². The summed E-state index contributed by atoms with van der Waals surface area (Å²) in [5, 5.41) is 0. The number of rotatable bonds is 1. The summed E-state index contributed by atoms with van der Waals surface area (Å²) in [6.07, 6.45) is 4.46. The summed E-state index contributed by atoms with van der Waals surface area (Å²) in [4.78, 5) is 9.61. The molecule has 0 spiro atoms. The van der Waals surface area contributed by atoms with Gasteiger partial charge < -0.3 is 0 Å². The molecule has 0 aromatic carbocycles. The first-order chi connectivity index (χ1) is 3.91. The van der Waals surface area contributed by atoms with Crippen LogP contribution in [0.15, 0.2) is 12.2 Å². The fourth-order valence-electron chi connectivity index (χ4n) is 0.248. The third-order valence-electron chi connectivity index (χ3n) is 0.537. The van der Waals surface area contributed by atoms with E-state index in [4.69, 9.17) is 0 Å². The van der Waals surface area contributed by atoms with Crippen molar-refractivity contribution in [2.24, 2.45) is 0 Å². The van der Waals surface area contributed by atoms with Gasteiger partial charge in [0.2, 0.25) is 0 Å². The fraction of sp³-hybridized carbons (Fsp3) is 0.286. The SMILES string of the molecule is CCC#C/C=C\C=O. The average Bonchev–Trinajstić information content (AvgIpc) is 1.81. The minimum atomic E-state index is 0.713. The van der Waals surface area contributed by atoms with Crippen LogP contribution in [0.2, 0.25) is 0 Å². The molecule has 0 fully saturated rings. The van der Waals surface area contributed by atoms with Crippen LogP contribution in [0.25, 0.3) is 0 Å². The number of hydrogen-bond donors (Lipinski definition) is 0. The molecule has 42 valence electrons. The van der Waals surface area contributed by atoms with Crippen molar-refractivity contribution in [3.63, 3.8) is 0 Å². The van der Waals surface area contributed by atoms with E-state index in [1.165, 1.54) is 12.2 Å². The Morgan fingerprint density at radius 3 is 2.88 bits per heavy atom. The lowest BCUT2D eigenvalue weighted by atomic mass is 10.4. The van der Waals surface area contributed by atoms with E-state index >= 15 is 0 Å². The third kappa shape index (κ3) is 4.97. The summed E-state index contributed by atoms with van der Waals surface area (Å²) in [6, 6.07) is 0. The normalized spacial score (nSPS) is 8.12. The largest absolute Gasteiger partial charge is 0.299 e. The van der Waals surface area contributed by atoms with Crippen molar-refractivity contribution in [3.05, 3.63) is 12.2 Å². The van der Waals surface area contributed by atoms with Crippen LogP contribution in [0.4, 0.5) is 0 Å². The van der Waals surface area contributed by atoms with E-state index in [1.807, 2.05) is 6.92 Å². The smallest absolute Gasteiger partial charge is 0.143 e. The van der Waals surface area contributed by atoms with E-state index in [2.05, 4.69) is 11.8 Å². The predicted octanol–water partition coefficient (Wildman–Crippen LogP) is 1.15. The molecule has 0 bridgehead atoms. The highest BCUT2D eigenvalue weighted by Gasteiger charge is 1.58. The van der Waals surface area contributed by atoms with E-state index in [-0.39, 0.29) is 0 Å². The maximum Gasteiger partial charge on any atom is 0.143 e. The van der Waals surface area contributed by atoms with Crippen LogP contribution in [0.1, 0.15) is 13.3 Å². The van der Waals surface area contributed by atoms with E-state index in [0.29, 0.717) is 6.29 Å². The van der Waals surface area contributed by atoms with Crippen molar-refractivity contribution >= 4 is 6.29 Å². The number of carbonyl (C=O) groups excluding carboxylic acids is 1. The van der Waals surface area contributed by atoms with Gasteiger partial charge in [0, 0.05) is 6.42 Å². The fourth-order valence-corrected chi connectivity index (χ4v) is 0.248. The van der Waals surface area contributed by atoms with Crippen molar-refractivity contribution in [2.45, 2.75) is 13.3 Å². The molecule has 0 aromatic rings. The van der Waals surface area contributed by atoms with Crippen molar-refractivity contribution in [1.82, 2.24) is 0 Å². The van der Waals surface area contributed by atoms with Crippen LogP contribution < -0.4 is 0 Å². The van der Waals surface area contributed by atoms with Crippen molar-refractivity contribution < 1.29 is 4.79 Å². The zero-order valence-corrected chi connectivity index (χ0v) is 4.85. The molecule has 0 radical (unpaired) electrons. The molecule has 8 heavy (non-hydrogen) atoms. The van der Waals surface area contributed by atoms with Gasteiger partial charge in [0.05, 0.1) is 0 Å². The van der Waals surface area contributed by atoms with Crippen LogP contribution in [0.5, 0.6) is 0 Å². The first-order valence-corrected chi connectivity index (χ1v) is 2.50. The van der Waals surface area contributed by atoms with Gasteiger partial charge in [-0.05, 0) is 12.2 Å². The van der Waals surface area contributed by atoms with Gasteiger partial charge in [-0.3, -0.25) is 4.79 Å². The minimum Gasteiger partial charge on any atom is -0.299 e. The van der Waals surface area contributed by atoms with Crippen LogP contribution in [-0.4, -0.2) is 6.29 Å². The average molecular weight is 108 g/mol. The first-order valence-electron chi connectivity index (χ1n) is 2.50.